The van der Waals surface area contributed by atoms with E-state index < -0.39 is 0 Å². The molecule has 6 nitrogen and oxygen atoms in total. The molecule has 2 unspecified atom stereocenters. The zero-order valence-corrected chi connectivity index (χ0v) is 17.3. The molecule has 2 atom stereocenters. The van der Waals surface area contributed by atoms with Crippen molar-refractivity contribution in [1.82, 2.24) is 14.5 Å². The largest absolute Gasteiger partial charge is 0.489 e. The van der Waals surface area contributed by atoms with E-state index in [1.165, 1.54) is 6.07 Å². The number of H-pyrrole nitrogens is 1. The van der Waals surface area contributed by atoms with Gasteiger partial charge < -0.3 is 9.72 Å². The highest BCUT2D eigenvalue weighted by atomic mass is 35.5. The van der Waals surface area contributed by atoms with E-state index in [-0.39, 0.29) is 17.4 Å². The maximum absolute atomic E-state index is 12.7. The molecule has 0 spiro atoms. The van der Waals surface area contributed by atoms with E-state index in [0.29, 0.717) is 17.4 Å². The second-order valence-electron chi connectivity index (χ2n) is 7.73. The van der Waals surface area contributed by atoms with Crippen LogP contribution in [0.4, 0.5) is 0 Å². The van der Waals surface area contributed by atoms with Gasteiger partial charge in [-0.25, -0.2) is 4.98 Å². The Hall–Kier alpha value is -3.56. The smallest absolute Gasteiger partial charge is 0.258 e. The van der Waals surface area contributed by atoms with E-state index in [1.54, 1.807) is 29.0 Å². The van der Waals surface area contributed by atoms with Crippen molar-refractivity contribution in [3.05, 3.63) is 87.6 Å². The van der Waals surface area contributed by atoms with E-state index in [1.807, 2.05) is 30.3 Å². The first-order valence-corrected chi connectivity index (χ1v) is 10.5. The summed E-state index contributed by atoms with van der Waals surface area (Å²) in [5, 5.41) is 9.88. The van der Waals surface area contributed by atoms with Crippen LogP contribution in [0, 0.1) is 17.2 Å². The number of nitrogens with zero attached hydrogens (tertiary/aromatic N) is 3. The summed E-state index contributed by atoms with van der Waals surface area (Å²) >= 11 is 5.90. The topological polar surface area (TPSA) is 83.7 Å². The van der Waals surface area contributed by atoms with E-state index in [4.69, 9.17) is 16.3 Å². The molecule has 0 aliphatic heterocycles. The van der Waals surface area contributed by atoms with Crippen molar-refractivity contribution < 1.29 is 4.74 Å². The second kappa shape index (κ2) is 7.93. The van der Waals surface area contributed by atoms with Gasteiger partial charge in [0.25, 0.3) is 5.56 Å². The zero-order chi connectivity index (χ0) is 21.4. The van der Waals surface area contributed by atoms with Crippen LogP contribution in [-0.4, -0.2) is 14.5 Å². The van der Waals surface area contributed by atoms with E-state index >= 15 is 0 Å². The molecule has 2 aromatic heterocycles. The van der Waals surface area contributed by atoms with Crippen molar-refractivity contribution in [2.45, 2.75) is 25.4 Å². The molecule has 0 radical (unpaired) electrons. The first-order valence-electron chi connectivity index (χ1n) is 10.1. The molecule has 0 saturated heterocycles. The predicted octanol–water partition coefficient (Wildman–Crippen LogP) is 4.96. The van der Waals surface area contributed by atoms with Crippen molar-refractivity contribution in [3.8, 4) is 17.5 Å². The number of pyridine rings is 1. The molecule has 2 aromatic carbocycles. The van der Waals surface area contributed by atoms with Crippen LogP contribution in [-0.2, 0) is 6.61 Å². The van der Waals surface area contributed by atoms with Gasteiger partial charge in [0.15, 0.2) is 0 Å². The van der Waals surface area contributed by atoms with Gasteiger partial charge in [0, 0.05) is 23.2 Å². The number of hydrogen-bond donors (Lipinski definition) is 1. The zero-order valence-electron chi connectivity index (χ0n) is 16.6. The average Bonchev–Trinajstić information content (AvgIpc) is 3.15. The molecule has 1 N–H and O–H groups in total. The van der Waals surface area contributed by atoms with Gasteiger partial charge in [-0.2, -0.15) is 5.26 Å². The Labute approximate surface area is 183 Å². The minimum Gasteiger partial charge on any atom is -0.489 e. The fraction of sp³-hybridized carbons (Fsp3) is 0.208. The number of hydrogen-bond acceptors (Lipinski definition) is 4. The first-order chi connectivity index (χ1) is 15.1. The predicted molar refractivity (Wildman–Crippen MR) is 119 cm³/mol. The molecule has 1 saturated carbocycles. The molecule has 5 rings (SSSR count). The van der Waals surface area contributed by atoms with Gasteiger partial charge in [0.2, 0.25) is 0 Å². The second-order valence-corrected chi connectivity index (χ2v) is 8.17. The number of nitriles is 1. The number of aromatic amines is 1. The molecule has 1 aliphatic carbocycles. The lowest BCUT2D eigenvalue weighted by Gasteiger charge is -2.29. The number of aromatic nitrogens is 3. The normalized spacial score (nSPS) is 17.8. The average molecular weight is 431 g/mol. The summed E-state index contributed by atoms with van der Waals surface area (Å²) in [6.07, 6.45) is 3.60. The molecule has 4 aromatic rings. The van der Waals surface area contributed by atoms with Gasteiger partial charge in [0.1, 0.15) is 18.2 Å². The van der Waals surface area contributed by atoms with Crippen molar-refractivity contribution in [1.29, 1.82) is 5.26 Å². The van der Waals surface area contributed by atoms with Crippen molar-refractivity contribution in [3.63, 3.8) is 0 Å². The fourth-order valence-corrected chi connectivity index (χ4v) is 3.96. The number of imidazole rings is 1. The van der Waals surface area contributed by atoms with Crippen molar-refractivity contribution >= 4 is 22.6 Å². The molecular formula is C24H19ClN4O2. The summed E-state index contributed by atoms with van der Waals surface area (Å²) in [4.78, 5) is 20.7. The van der Waals surface area contributed by atoms with Gasteiger partial charge in [0.05, 0.1) is 28.7 Å². The SMILES string of the molecule is N#CC1CCC1c1nc2ccc(-n3ccc(OCc4ccc(Cl)cc4)cc3=O)cc2[nH]1. The lowest BCUT2D eigenvalue weighted by atomic mass is 9.74. The third-order valence-corrected chi connectivity index (χ3v) is 6.02. The number of halogens is 1. The molecule has 1 aliphatic rings. The van der Waals surface area contributed by atoms with Crippen LogP contribution in [0.3, 0.4) is 0 Å². The maximum atomic E-state index is 12.7. The quantitative estimate of drug-likeness (QED) is 0.484. The van der Waals surface area contributed by atoms with Crippen LogP contribution in [0.25, 0.3) is 16.7 Å². The summed E-state index contributed by atoms with van der Waals surface area (Å²) < 4.78 is 7.31. The molecule has 154 valence electrons. The van der Waals surface area contributed by atoms with Crippen LogP contribution in [0.2, 0.25) is 5.02 Å². The van der Waals surface area contributed by atoms with Gasteiger partial charge in [-0.1, -0.05) is 23.7 Å². The summed E-state index contributed by atoms with van der Waals surface area (Å²) in [6, 6.07) is 18.6. The maximum Gasteiger partial charge on any atom is 0.258 e. The van der Waals surface area contributed by atoms with Crippen LogP contribution >= 0.6 is 11.6 Å². The van der Waals surface area contributed by atoms with Crippen LogP contribution in [0.15, 0.2) is 65.6 Å². The molecule has 0 bridgehead atoms. The lowest BCUT2D eigenvalue weighted by Crippen LogP contribution is -2.23. The number of ether oxygens (including phenoxy) is 1. The molecule has 1 fully saturated rings. The highest BCUT2D eigenvalue weighted by molar-refractivity contribution is 6.30. The molecular weight excluding hydrogens is 412 g/mol. The van der Waals surface area contributed by atoms with Gasteiger partial charge in [-0.3, -0.25) is 9.36 Å². The fourth-order valence-electron chi connectivity index (χ4n) is 3.84. The van der Waals surface area contributed by atoms with E-state index in [0.717, 1.165) is 41.0 Å². The van der Waals surface area contributed by atoms with Gasteiger partial charge >= 0.3 is 0 Å². The first kappa shape index (κ1) is 19.4. The van der Waals surface area contributed by atoms with Crippen molar-refractivity contribution in [2.75, 3.05) is 0 Å². The van der Waals surface area contributed by atoms with Gasteiger partial charge in [-0.05, 0) is 54.8 Å². The highest BCUT2D eigenvalue weighted by Crippen LogP contribution is 2.41. The standard InChI is InChI=1S/C24H19ClN4O2/c25-17-4-1-15(2-5-17)14-31-19-9-10-29(23(30)12-19)18-6-8-21-22(11-18)28-24(27-21)20-7-3-16(20)13-26/h1-2,4-6,8-12,16,20H,3,7,14H2,(H,27,28). The summed E-state index contributed by atoms with van der Waals surface area (Å²) in [6.45, 7) is 0.356. The molecule has 0 amide bonds. The van der Waals surface area contributed by atoms with Crippen molar-refractivity contribution in [2.24, 2.45) is 5.92 Å². The number of nitrogens with one attached hydrogen (secondary N) is 1. The third kappa shape index (κ3) is 3.80. The Bertz CT molecular complexity index is 1350. The van der Waals surface area contributed by atoms with Crippen LogP contribution in [0.1, 0.15) is 30.1 Å². The van der Waals surface area contributed by atoms with E-state index in [2.05, 4.69) is 16.0 Å². The number of fused-ring (bicyclic) bond motifs is 1. The molecule has 2 heterocycles. The lowest BCUT2D eigenvalue weighted by molar-refractivity contribution is 0.305. The van der Waals surface area contributed by atoms with E-state index in [9.17, 15) is 10.1 Å². The Morgan fingerprint density at radius 1 is 1.16 bits per heavy atom. The highest BCUT2D eigenvalue weighted by Gasteiger charge is 2.34. The summed E-state index contributed by atoms with van der Waals surface area (Å²) in [5.41, 5.74) is 3.21. The third-order valence-electron chi connectivity index (χ3n) is 5.76. The minimum absolute atomic E-state index is 0.0306. The monoisotopic (exact) mass is 430 g/mol. The number of benzene rings is 2. The Balaban J connectivity index is 1.36. The molecule has 31 heavy (non-hydrogen) atoms. The summed E-state index contributed by atoms with van der Waals surface area (Å²) in [5.74, 6) is 1.56. The summed E-state index contributed by atoms with van der Waals surface area (Å²) in [7, 11) is 0. The Morgan fingerprint density at radius 3 is 2.71 bits per heavy atom. The Morgan fingerprint density at radius 2 is 2.00 bits per heavy atom. The Kier molecular flexibility index (Phi) is 4.97. The van der Waals surface area contributed by atoms with Crippen LogP contribution in [0.5, 0.6) is 5.75 Å². The van der Waals surface area contributed by atoms with Gasteiger partial charge in [-0.15, -0.1) is 0 Å². The number of rotatable bonds is 5. The molecule has 7 heteroatoms. The minimum atomic E-state index is -0.184. The van der Waals surface area contributed by atoms with Crippen LogP contribution < -0.4 is 10.3 Å².